The number of hydrogen-bond donors (Lipinski definition) is 3. The topological polar surface area (TPSA) is 147 Å². The van der Waals surface area contributed by atoms with E-state index in [1.165, 1.54) is 24.5 Å². The highest BCUT2D eigenvalue weighted by Crippen LogP contribution is 2.33. The van der Waals surface area contributed by atoms with E-state index in [-0.39, 0.29) is 17.0 Å². The number of hydrazine groups is 1. The van der Waals surface area contributed by atoms with Crippen LogP contribution in [0.5, 0.6) is 0 Å². The maximum absolute atomic E-state index is 12.7. The second-order valence-corrected chi connectivity index (χ2v) is 7.80. The highest BCUT2D eigenvalue weighted by molar-refractivity contribution is 6.08. The summed E-state index contributed by atoms with van der Waals surface area (Å²) in [4.78, 5) is 61.9. The van der Waals surface area contributed by atoms with Crippen LogP contribution in [-0.2, 0) is 14.3 Å². The molecule has 4 rings (SSSR count). The summed E-state index contributed by atoms with van der Waals surface area (Å²) < 4.78 is 10.0. The minimum absolute atomic E-state index is 0.0151. The first-order valence-corrected chi connectivity index (χ1v) is 10.5. The molecule has 2 aromatic rings. The van der Waals surface area contributed by atoms with Crippen molar-refractivity contribution < 1.29 is 33.1 Å². The Bertz CT molecular complexity index is 1090. The SMILES string of the molecule is O=C(COC(=O)c1ccccc1NC(=O)c1ccco1)NN1C(=O)NC2(CCCCC2)C1=O. The molecule has 11 nitrogen and oxygen atoms in total. The molecule has 1 saturated carbocycles. The molecule has 0 unspecified atom stereocenters. The molecular formula is C22H22N4O7. The molecule has 0 atom stereocenters. The first-order chi connectivity index (χ1) is 15.9. The second-order valence-electron chi connectivity index (χ2n) is 7.80. The number of urea groups is 1. The molecule has 2 fully saturated rings. The quantitative estimate of drug-likeness (QED) is 0.447. The average Bonchev–Trinajstić information content (AvgIpc) is 3.43. The predicted octanol–water partition coefficient (Wildman–Crippen LogP) is 1.97. The largest absolute Gasteiger partial charge is 0.459 e. The Morgan fingerprint density at radius 1 is 1.06 bits per heavy atom. The number of nitrogens with one attached hydrogen (secondary N) is 3. The van der Waals surface area contributed by atoms with Crippen LogP contribution in [0.3, 0.4) is 0 Å². The van der Waals surface area contributed by atoms with Crippen LogP contribution in [0.1, 0.15) is 53.0 Å². The van der Waals surface area contributed by atoms with Gasteiger partial charge in [-0.15, -0.1) is 0 Å². The number of imide groups is 1. The van der Waals surface area contributed by atoms with Crippen molar-refractivity contribution in [3.8, 4) is 0 Å². The van der Waals surface area contributed by atoms with Crippen molar-refractivity contribution in [1.82, 2.24) is 15.8 Å². The Labute approximate surface area is 188 Å². The standard InChI is InChI=1S/C22H22N4O7/c27-17(25-26-20(30)22(24-21(26)31)10-4-1-5-11-22)13-33-19(29)14-7-2-3-8-15(14)23-18(28)16-9-6-12-32-16/h2-3,6-9,12H,1,4-5,10-11,13H2,(H,23,28)(H,24,31)(H,25,27). The van der Waals surface area contributed by atoms with Gasteiger partial charge in [-0.25, -0.2) is 9.59 Å². The van der Waals surface area contributed by atoms with Crippen LogP contribution in [0.25, 0.3) is 0 Å². The number of esters is 1. The van der Waals surface area contributed by atoms with Gasteiger partial charge in [0.05, 0.1) is 17.5 Å². The van der Waals surface area contributed by atoms with E-state index in [1.807, 2.05) is 0 Å². The van der Waals surface area contributed by atoms with E-state index in [1.54, 1.807) is 18.2 Å². The molecule has 11 heteroatoms. The average molecular weight is 454 g/mol. The van der Waals surface area contributed by atoms with Gasteiger partial charge in [-0.1, -0.05) is 31.4 Å². The smallest absolute Gasteiger partial charge is 0.344 e. The fourth-order valence-electron chi connectivity index (χ4n) is 3.94. The summed E-state index contributed by atoms with van der Waals surface area (Å²) in [6.07, 6.45) is 4.97. The van der Waals surface area contributed by atoms with Crippen LogP contribution >= 0.6 is 0 Å². The van der Waals surface area contributed by atoms with E-state index in [9.17, 15) is 24.0 Å². The number of anilines is 1. The normalized spacial score (nSPS) is 16.9. The van der Waals surface area contributed by atoms with Crippen molar-refractivity contribution in [1.29, 1.82) is 0 Å². The molecule has 0 radical (unpaired) electrons. The number of carbonyl (C=O) groups excluding carboxylic acids is 5. The molecule has 0 bridgehead atoms. The van der Waals surface area contributed by atoms with Gasteiger partial charge in [0, 0.05) is 0 Å². The Balaban J connectivity index is 1.35. The third-order valence-electron chi connectivity index (χ3n) is 5.58. The van der Waals surface area contributed by atoms with Gasteiger partial charge in [-0.3, -0.25) is 19.8 Å². The maximum Gasteiger partial charge on any atom is 0.344 e. The van der Waals surface area contributed by atoms with Crippen molar-refractivity contribution >= 4 is 35.4 Å². The lowest BCUT2D eigenvalue weighted by Crippen LogP contribution is -2.51. The molecule has 3 N–H and O–H groups in total. The molecule has 1 saturated heterocycles. The van der Waals surface area contributed by atoms with E-state index in [2.05, 4.69) is 16.1 Å². The van der Waals surface area contributed by atoms with Gasteiger partial charge in [0.25, 0.3) is 17.7 Å². The number of benzene rings is 1. The summed E-state index contributed by atoms with van der Waals surface area (Å²) in [5.41, 5.74) is 1.39. The van der Waals surface area contributed by atoms with Gasteiger partial charge in [-0.2, -0.15) is 5.01 Å². The van der Waals surface area contributed by atoms with Gasteiger partial charge in [0.1, 0.15) is 5.54 Å². The predicted molar refractivity (Wildman–Crippen MR) is 113 cm³/mol. The first-order valence-electron chi connectivity index (χ1n) is 10.5. The number of furan rings is 1. The Hall–Kier alpha value is -4.15. The molecular weight excluding hydrogens is 432 g/mol. The van der Waals surface area contributed by atoms with Gasteiger partial charge < -0.3 is 19.8 Å². The number of para-hydroxylation sites is 1. The third-order valence-corrected chi connectivity index (χ3v) is 5.58. The monoisotopic (exact) mass is 454 g/mol. The summed E-state index contributed by atoms with van der Waals surface area (Å²) in [6.45, 7) is -0.733. The van der Waals surface area contributed by atoms with Gasteiger partial charge >= 0.3 is 12.0 Å². The van der Waals surface area contributed by atoms with Crippen LogP contribution < -0.4 is 16.1 Å². The third kappa shape index (κ3) is 4.56. The van der Waals surface area contributed by atoms with Crippen molar-refractivity contribution in [3.63, 3.8) is 0 Å². The molecule has 1 aromatic carbocycles. The minimum Gasteiger partial charge on any atom is -0.459 e. The minimum atomic E-state index is -0.982. The Morgan fingerprint density at radius 2 is 1.82 bits per heavy atom. The summed E-state index contributed by atoms with van der Waals surface area (Å²) in [5.74, 6) is -2.74. The van der Waals surface area contributed by atoms with Crippen LogP contribution in [-0.4, -0.2) is 46.9 Å². The lowest BCUT2D eigenvalue weighted by Gasteiger charge is -2.30. The summed E-state index contributed by atoms with van der Waals surface area (Å²) in [6, 6.07) is 8.39. The zero-order valence-corrected chi connectivity index (χ0v) is 17.6. The molecule has 1 aliphatic heterocycles. The summed E-state index contributed by atoms with van der Waals surface area (Å²) in [5, 5.41) is 5.85. The number of carbonyl (C=O) groups is 5. The van der Waals surface area contributed by atoms with E-state index >= 15 is 0 Å². The summed E-state index contributed by atoms with van der Waals surface area (Å²) in [7, 11) is 0. The van der Waals surface area contributed by atoms with E-state index in [0.29, 0.717) is 17.9 Å². The van der Waals surface area contributed by atoms with Crippen molar-refractivity contribution in [2.45, 2.75) is 37.6 Å². The number of rotatable bonds is 6. The fourth-order valence-corrected chi connectivity index (χ4v) is 3.94. The van der Waals surface area contributed by atoms with Crippen LogP contribution in [0.15, 0.2) is 47.1 Å². The lowest BCUT2D eigenvalue weighted by molar-refractivity contribution is -0.140. The van der Waals surface area contributed by atoms with Crippen molar-refractivity contribution in [2.75, 3.05) is 11.9 Å². The highest BCUT2D eigenvalue weighted by atomic mass is 16.5. The van der Waals surface area contributed by atoms with Crippen molar-refractivity contribution in [3.05, 3.63) is 54.0 Å². The maximum atomic E-state index is 12.7. The lowest BCUT2D eigenvalue weighted by atomic mass is 9.82. The number of hydrogen-bond acceptors (Lipinski definition) is 7. The van der Waals surface area contributed by atoms with Crippen LogP contribution in [0.4, 0.5) is 10.5 Å². The molecule has 2 aliphatic rings. The number of nitrogens with zero attached hydrogens (tertiary/aromatic N) is 1. The van der Waals surface area contributed by atoms with Crippen molar-refractivity contribution in [2.24, 2.45) is 0 Å². The molecule has 172 valence electrons. The van der Waals surface area contributed by atoms with E-state index in [4.69, 9.17) is 9.15 Å². The first kappa shape index (κ1) is 22.1. The van der Waals surface area contributed by atoms with Crippen LogP contribution in [0, 0.1) is 0 Å². The molecule has 1 aliphatic carbocycles. The summed E-state index contributed by atoms with van der Waals surface area (Å²) >= 11 is 0. The van der Waals surface area contributed by atoms with E-state index in [0.717, 1.165) is 19.3 Å². The highest BCUT2D eigenvalue weighted by Gasteiger charge is 2.52. The van der Waals surface area contributed by atoms with Gasteiger partial charge in [0.2, 0.25) is 0 Å². The fraction of sp³-hybridized carbons (Fsp3) is 0.318. The van der Waals surface area contributed by atoms with Gasteiger partial charge in [-0.05, 0) is 37.1 Å². The Kier molecular flexibility index (Phi) is 6.11. The van der Waals surface area contributed by atoms with Crippen LogP contribution in [0.2, 0.25) is 0 Å². The van der Waals surface area contributed by atoms with Gasteiger partial charge in [0.15, 0.2) is 12.4 Å². The number of ether oxygens (including phenoxy) is 1. The zero-order valence-electron chi connectivity index (χ0n) is 17.6. The molecule has 2 heterocycles. The zero-order chi connectivity index (χ0) is 23.4. The second kappa shape index (κ2) is 9.15. The number of amides is 5. The van der Waals surface area contributed by atoms with E-state index < -0.39 is 41.9 Å². The molecule has 1 aromatic heterocycles. The Morgan fingerprint density at radius 3 is 2.55 bits per heavy atom. The molecule has 1 spiro atoms. The molecule has 33 heavy (non-hydrogen) atoms. The molecule has 5 amide bonds.